The lowest BCUT2D eigenvalue weighted by Gasteiger charge is -2.25. The molecule has 2 N–H and O–H groups in total. The van der Waals surface area contributed by atoms with E-state index in [0.29, 0.717) is 12.6 Å². The Morgan fingerprint density at radius 3 is 2.82 bits per heavy atom. The van der Waals surface area contributed by atoms with Gasteiger partial charge in [-0.1, -0.05) is 6.07 Å². The van der Waals surface area contributed by atoms with E-state index in [1.54, 1.807) is 7.11 Å². The number of hydrogen-bond acceptors (Lipinski definition) is 4. The van der Waals surface area contributed by atoms with Crippen LogP contribution in [-0.2, 0) is 0 Å². The summed E-state index contributed by atoms with van der Waals surface area (Å²) in [6.45, 7) is 5.62. The van der Waals surface area contributed by atoms with Gasteiger partial charge in [0.25, 0.3) is 0 Å². The normalized spacial score (nSPS) is 20.0. The summed E-state index contributed by atoms with van der Waals surface area (Å²) in [5, 5.41) is 6.86. The monoisotopic (exact) mass is 236 g/mol. The number of methoxy groups -OCH3 is 1. The van der Waals surface area contributed by atoms with Crippen LogP contribution in [0.5, 0.6) is 11.5 Å². The summed E-state index contributed by atoms with van der Waals surface area (Å²) in [7, 11) is 1.66. The van der Waals surface area contributed by atoms with Crippen LogP contribution in [0.3, 0.4) is 0 Å². The van der Waals surface area contributed by atoms with Crippen LogP contribution in [0.2, 0.25) is 0 Å². The van der Waals surface area contributed by atoms with Crippen LogP contribution in [0.15, 0.2) is 18.2 Å². The molecule has 0 aliphatic carbocycles. The zero-order valence-corrected chi connectivity index (χ0v) is 10.5. The predicted molar refractivity (Wildman–Crippen MR) is 67.8 cm³/mol. The second kappa shape index (κ2) is 5.89. The zero-order chi connectivity index (χ0) is 12.1. The number of rotatable bonds is 4. The molecule has 1 saturated heterocycles. The smallest absolute Gasteiger partial charge is 0.161 e. The SMILES string of the molecule is CCOc1cc([C@@H]2CNCCN2)ccc1OC. The maximum atomic E-state index is 5.59. The molecule has 0 unspecified atom stereocenters. The summed E-state index contributed by atoms with van der Waals surface area (Å²) < 4.78 is 10.9. The molecule has 94 valence electrons. The van der Waals surface area contributed by atoms with Crippen LogP contribution in [0.1, 0.15) is 18.5 Å². The maximum Gasteiger partial charge on any atom is 0.161 e. The number of ether oxygens (including phenoxy) is 2. The van der Waals surface area contributed by atoms with E-state index >= 15 is 0 Å². The average molecular weight is 236 g/mol. The van der Waals surface area contributed by atoms with E-state index in [-0.39, 0.29) is 0 Å². The Bertz CT molecular complexity index is 362. The molecule has 0 aromatic heterocycles. The Kier molecular flexibility index (Phi) is 4.23. The zero-order valence-electron chi connectivity index (χ0n) is 10.5. The van der Waals surface area contributed by atoms with Gasteiger partial charge < -0.3 is 20.1 Å². The molecule has 1 aliphatic rings. The van der Waals surface area contributed by atoms with E-state index in [1.807, 2.05) is 13.0 Å². The van der Waals surface area contributed by atoms with Crippen LogP contribution in [-0.4, -0.2) is 33.4 Å². The van der Waals surface area contributed by atoms with Gasteiger partial charge in [-0.25, -0.2) is 0 Å². The van der Waals surface area contributed by atoms with E-state index < -0.39 is 0 Å². The Morgan fingerprint density at radius 1 is 1.29 bits per heavy atom. The van der Waals surface area contributed by atoms with Gasteiger partial charge in [0, 0.05) is 25.7 Å². The van der Waals surface area contributed by atoms with Gasteiger partial charge in [0.2, 0.25) is 0 Å². The summed E-state index contributed by atoms with van der Waals surface area (Å²) in [6, 6.07) is 6.48. The molecule has 0 amide bonds. The first kappa shape index (κ1) is 12.2. The predicted octanol–water partition coefficient (Wildman–Crippen LogP) is 1.33. The van der Waals surface area contributed by atoms with Gasteiger partial charge in [0.15, 0.2) is 11.5 Å². The first-order valence-corrected chi connectivity index (χ1v) is 6.10. The molecule has 0 bridgehead atoms. The highest BCUT2D eigenvalue weighted by atomic mass is 16.5. The molecule has 0 radical (unpaired) electrons. The highest BCUT2D eigenvalue weighted by Gasteiger charge is 2.16. The van der Waals surface area contributed by atoms with Gasteiger partial charge in [-0.2, -0.15) is 0 Å². The lowest BCUT2D eigenvalue weighted by atomic mass is 10.0. The minimum absolute atomic E-state index is 0.355. The van der Waals surface area contributed by atoms with E-state index in [0.717, 1.165) is 31.1 Å². The molecule has 1 atom stereocenters. The molecular weight excluding hydrogens is 216 g/mol. The molecule has 4 heteroatoms. The third kappa shape index (κ3) is 2.90. The topological polar surface area (TPSA) is 42.5 Å². The number of benzene rings is 1. The van der Waals surface area contributed by atoms with Gasteiger partial charge in [-0.15, -0.1) is 0 Å². The molecule has 1 aromatic rings. The summed E-state index contributed by atoms with van der Waals surface area (Å²) in [4.78, 5) is 0. The Morgan fingerprint density at radius 2 is 2.18 bits per heavy atom. The maximum absolute atomic E-state index is 5.59. The number of hydrogen-bond donors (Lipinski definition) is 2. The lowest BCUT2D eigenvalue weighted by Crippen LogP contribution is -2.42. The highest BCUT2D eigenvalue weighted by molar-refractivity contribution is 5.44. The van der Waals surface area contributed by atoms with Crippen molar-refractivity contribution in [3.63, 3.8) is 0 Å². The van der Waals surface area contributed by atoms with Crippen LogP contribution >= 0.6 is 0 Å². The van der Waals surface area contributed by atoms with E-state index in [4.69, 9.17) is 9.47 Å². The van der Waals surface area contributed by atoms with Crippen LogP contribution < -0.4 is 20.1 Å². The Balaban J connectivity index is 2.19. The average Bonchev–Trinajstić information content (AvgIpc) is 2.40. The van der Waals surface area contributed by atoms with Crippen molar-refractivity contribution in [1.82, 2.24) is 10.6 Å². The molecule has 17 heavy (non-hydrogen) atoms. The van der Waals surface area contributed by atoms with Crippen LogP contribution in [0.25, 0.3) is 0 Å². The van der Waals surface area contributed by atoms with Crippen molar-refractivity contribution >= 4 is 0 Å². The third-order valence-electron chi connectivity index (χ3n) is 2.93. The van der Waals surface area contributed by atoms with Crippen LogP contribution in [0.4, 0.5) is 0 Å². The molecule has 1 heterocycles. The summed E-state index contributed by atoms with van der Waals surface area (Å²) in [5.74, 6) is 1.61. The fourth-order valence-electron chi connectivity index (χ4n) is 2.07. The van der Waals surface area contributed by atoms with E-state index in [1.165, 1.54) is 5.56 Å². The van der Waals surface area contributed by atoms with Crippen LogP contribution in [0, 0.1) is 0 Å². The van der Waals surface area contributed by atoms with Crippen molar-refractivity contribution < 1.29 is 9.47 Å². The molecule has 1 aliphatic heterocycles. The molecular formula is C13H20N2O2. The van der Waals surface area contributed by atoms with Gasteiger partial charge in [0.1, 0.15) is 0 Å². The lowest BCUT2D eigenvalue weighted by molar-refractivity contribution is 0.309. The first-order valence-electron chi connectivity index (χ1n) is 6.10. The third-order valence-corrected chi connectivity index (χ3v) is 2.93. The van der Waals surface area contributed by atoms with Gasteiger partial charge in [0.05, 0.1) is 13.7 Å². The summed E-state index contributed by atoms with van der Waals surface area (Å²) in [6.07, 6.45) is 0. The Hall–Kier alpha value is -1.26. The molecule has 0 saturated carbocycles. The fraction of sp³-hybridized carbons (Fsp3) is 0.538. The number of piperazine rings is 1. The van der Waals surface area contributed by atoms with Crippen molar-refractivity contribution in [3.05, 3.63) is 23.8 Å². The minimum atomic E-state index is 0.355. The van der Waals surface area contributed by atoms with Gasteiger partial charge in [-0.05, 0) is 24.6 Å². The summed E-state index contributed by atoms with van der Waals surface area (Å²) >= 11 is 0. The summed E-state index contributed by atoms with van der Waals surface area (Å²) in [5.41, 5.74) is 1.24. The van der Waals surface area contributed by atoms with Crippen molar-refractivity contribution in [3.8, 4) is 11.5 Å². The minimum Gasteiger partial charge on any atom is -0.493 e. The largest absolute Gasteiger partial charge is 0.493 e. The van der Waals surface area contributed by atoms with Crippen molar-refractivity contribution in [2.75, 3.05) is 33.4 Å². The second-order valence-corrected chi connectivity index (χ2v) is 4.05. The van der Waals surface area contributed by atoms with E-state index in [9.17, 15) is 0 Å². The van der Waals surface area contributed by atoms with Gasteiger partial charge in [-0.3, -0.25) is 0 Å². The Labute approximate surface area is 102 Å². The quantitative estimate of drug-likeness (QED) is 0.827. The number of nitrogens with one attached hydrogen (secondary N) is 2. The first-order chi connectivity index (χ1) is 8.35. The van der Waals surface area contributed by atoms with E-state index in [2.05, 4.69) is 22.8 Å². The standard InChI is InChI=1S/C13H20N2O2/c1-3-17-13-8-10(4-5-12(13)16-2)11-9-14-6-7-15-11/h4-5,8,11,14-15H,3,6-7,9H2,1-2H3/t11-/m0/s1. The molecule has 1 fully saturated rings. The van der Waals surface area contributed by atoms with Crippen molar-refractivity contribution in [2.24, 2.45) is 0 Å². The molecule has 0 spiro atoms. The molecule has 4 nitrogen and oxygen atoms in total. The van der Waals surface area contributed by atoms with Crippen molar-refractivity contribution in [1.29, 1.82) is 0 Å². The fourth-order valence-corrected chi connectivity index (χ4v) is 2.07. The van der Waals surface area contributed by atoms with Crippen molar-refractivity contribution in [2.45, 2.75) is 13.0 Å². The highest BCUT2D eigenvalue weighted by Crippen LogP contribution is 2.30. The second-order valence-electron chi connectivity index (χ2n) is 4.05. The molecule has 1 aromatic carbocycles. The van der Waals surface area contributed by atoms with Gasteiger partial charge >= 0.3 is 0 Å². The molecule has 2 rings (SSSR count).